The second-order valence-electron chi connectivity index (χ2n) is 3.68. The van der Waals surface area contributed by atoms with Gasteiger partial charge in [0.25, 0.3) is 0 Å². The van der Waals surface area contributed by atoms with Gasteiger partial charge in [0.1, 0.15) is 6.29 Å². The first kappa shape index (κ1) is 15.4. The Labute approximate surface area is 115 Å². The summed E-state index contributed by atoms with van der Waals surface area (Å²) in [5.41, 5.74) is 0.529. The monoisotopic (exact) mass is 284 g/mol. The molecule has 0 aliphatic rings. The Morgan fingerprint density at radius 3 is 2.84 bits per heavy atom. The molecular weight excluding hydrogens is 268 g/mol. The van der Waals surface area contributed by atoms with Gasteiger partial charge in [-0.3, -0.25) is 9.59 Å². The number of aliphatic carboxylic acids is 1. The minimum atomic E-state index is -0.808. The summed E-state index contributed by atoms with van der Waals surface area (Å²) in [4.78, 5) is 20.9. The SMILES string of the molecule is COc1cc(C=O)ccc1OCCCSCC(=O)O. The molecule has 0 saturated carbocycles. The molecule has 1 rings (SSSR count). The van der Waals surface area contributed by atoms with Gasteiger partial charge in [0, 0.05) is 5.56 Å². The predicted octanol–water partition coefficient (Wildman–Crippen LogP) is 2.09. The van der Waals surface area contributed by atoms with Crippen molar-refractivity contribution in [2.45, 2.75) is 6.42 Å². The second-order valence-corrected chi connectivity index (χ2v) is 4.78. The average Bonchev–Trinajstić information content (AvgIpc) is 2.42. The summed E-state index contributed by atoms with van der Waals surface area (Å²) < 4.78 is 10.7. The van der Waals surface area contributed by atoms with Gasteiger partial charge < -0.3 is 14.6 Å². The predicted molar refractivity (Wildman–Crippen MR) is 73.5 cm³/mol. The smallest absolute Gasteiger partial charge is 0.313 e. The van der Waals surface area contributed by atoms with E-state index in [0.717, 1.165) is 18.5 Å². The number of aldehydes is 1. The molecule has 1 aromatic carbocycles. The molecule has 0 saturated heterocycles. The van der Waals surface area contributed by atoms with E-state index in [1.165, 1.54) is 18.9 Å². The highest BCUT2D eigenvalue weighted by atomic mass is 32.2. The number of benzene rings is 1. The number of carbonyl (C=O) groups is 2. The molecule has 5 nitrogen and oxygen atoms in total. The molecule has 1 aromatic rings. The highest BCUT2D eigenvalue weighted by Gasteiger charge is 2.05. The van der Waals surface area contributed by atoms with Gasteiger partial charge in [-0.1, -0.05) is 0 Å². The van der Waals surface area contributed by atoms with E-state index in [1.54, 1.807) is 18.2 Å². The number of hydrogen-bond donors (Lipinski definition) is 1. The van der Waals surface area contributed by atoms with Crippen LogP contribution in [0.25, 0.3) is 0 Å². The van der Waals surface area contributed by atoms with Crippen LogP contribution < -0.4 is 9.47 Å². The molecule has 0 amide bonds. The van der Waals surface area contributed by atoms with Crippen LogP contribution in [0.4, 0.5) is 0 Å². The fourth-order valence-corrected chi connectivity index (χ4v) is 2.02. The molecule has 104 valence electrons. The average molecular weight is 284 g/mol. The van der Waals surface area contributed by atoms with Crippen molar-refractivity contribution in [3.63, 3.8) is 0 Å². The molecule has 1 N–H and O–H groups in total. The van der Waals surface area contributed by atoms with Gasteiger partial charge in [0.15, 0.2) is 11.5 Å². The van der Waals surface area contributed by atoms with E-state index in [1.807, 2.05) is 0 Å². The van der Waals surface area contributed by atoms with Crippen LogP contribution in [0.5, 0.6) is 11.5 Å². The van der Waals surface area contributed by atoms with Crippen LogP contribution in [-0.4, -0.2) is 42.6 Å². The topological polar surface area (TPSA) is 72.8 Å². The Hall–Kier alpha value is -1.69. The van der Waals surface area contributed by atoms with Crippen molar-refractivity contribution in [3.05, 3.63) is 23.8 Å². The van der Waals surface area contributed by atoms with E-state index in [9.17, 15) is 9.59 Å². The van der Waals surface area contributed by atoms with E-state index in [4.69, 9.17) is 14.6 Å². The normalized spacial score (nSPS) is 9.95. The zero-order valence-corrected chi connectivity index (χ0v) is 11.4. The molecule has 0 aliphatic carbocycles. The number of thioether (sulfide) groups is 1. The molecule has 0 radical (unpaired) electrons. The Morgan fingerprint density at radius 1 is 1.42 bits per heavy atom. The second kappa shape index (κ2) is 8.42. The zero-order chi connectivity index (χ0) is 14.1. The van der Waals surface area contributed by atoms with Crippen LogP contribution in [0.1, 0.15) is 16.8 Å². The number of carboxylic acid groups (broad SMARTS) is 1. The Balaban J connectivity index is 2.36. The largest absolute Gasteiger partial charge is 0.493 e. The Morgan fingerprint density at radius 2 is 2.21 bits per heavy atom. The molecule has 0 heterocycles. The first-order chi connectivity index (χ1) is 9.17. The van der Waals surface area contributed by atoms with E-state index in [0.29, 0.717) is 23.7 Å². The molecule has 0 spiro atoms. The van der Waals surface area contributed by atoms with Gasteiger partial charge in [-0.25, -0.2) is 0 Å². The van der Waals surface area contributed by atoms with Crippen molar-refractivity contribution < 1.29 is 24.2 Å². The van der Waals surface area contributed by atoms with Crippen LogP contribution in [0.3, 0.4) is 0 Å². The third-order valence-corrected chi connectivity index (χ3v) is 3.27. The van der Waals surface area contributed by atoms with Gasteiger partial charge in [0.05, 0.1) is 19.5 Å². The summed E-state index contributed by atoms with van der Waals surface area (Å²) in [6.45, 7) is 0.476. The van der Waals surface area contributed by atoms with Gasteiger partial charge in [0.2, 0.25) is 0 Å². The molecule has 0 aromatic heterocycles. The summed E-state index contributed by atoms with van der Waals surface area (Å²) >= 11 is 1.36. The fraction of sp³-hybridized carbons (Fsp3) is 0.385. The molecule has 19 heavy (non-hydrogen) atoms. The maximum absolute atomic E-state index is 10.6. The maximum Gasteiger partial charge on any atom is 0.313 e. The highest BCUT2D eigenvalue weighted by molar-refractivity contribution is 7.99. The number of methoxy groups -OCH3 is 1. The summed E-state index contributed by atoms with van der Waals surface area (Å²) in [5, 5.41) is 8.47. The lowest BCUT2D eigenvalue weighted by atomic mass is 10.2. The molecule has 0 fully saturated rings. The van der Waals surface area contributed by atoms with Crippen LogP contribution in [0.2, 0.25) is 0 Å². The van der Waals surface area contributed by atoms with Crippen LogP contribution >= 0.6 is 11.8 Å². The van der Waals surface area contributed by atoms with Crippen LogP contribution in [0.15, 0.2) is 18.2 Å². The molecular formula is C13H16O5S. The molecule has 0 atom stereocenters. The van der Waals surface area contributed by atoms with Crippen molar-refractivity contribution in [3.8, 4) is 11.5 Å². The lowest BCUT2D eigenvalue weighted by Crippen LogP contribution is -2.03. The maximum atomic E-state index is 10.6. The van der Waals surface area contributed by atoms with Crippen molar-refractivity contribution in [2.75, 3.05) is 25.2 Å². The van der Waals surface area contributed by atoms with E-state index in [-0.39, 0.29) is 5.75 Å². The number of carbonyl (C=O) groups excluding carboxylic acids is 1. The number of ether oxygens (including phenoxy) is 2. The summed E-state index contributed by atoms with van der Waals surface area (Å²) in [6.07, 6.45) is 1.49. The standard InChI is InChI=1S/C13H16O5S/c1-17-12-7-10(8-14)3-4-11(12)18-5-2-6-19-9-13(15)16/h3-4,7-8H,2,5-6,9H2,1H3,(H,15,16). The first-order valence-electron chi connectivity index (χ1n) is 5.73. The van der Waals surface area contributed by atoms with E-state index in [2.05, 4.69) is 0 Å². The van der Waals surface area contributed by atoms with Crippen molar-refractivity contribution in [2.24, 2.45) is 0 Å². The van der Waals surface area contributed by atoms with Crippen LogP contribution in [-0.2, 0) is 4.79 Å². The molecule has 6 heteroatoms. The molecule has 0 aliphatic heterocycles. The Bertz CT molecular complexity index is 433. The fourth-order valence-electron chi connectivity index (χ4n) is 1.38. The van der Waals surface area contributed by atoms with E-state index >= 15 is 0 Å². The number of rotatable bonds is 9. The van der Waals surface area contributed by atoms with Gasteiger partial charge in [-0.15, -0.1) is 0 Å². The minimum Gasteiger partial charge on any atom is -0.493 e. The molecule has 0 unspecified atom stereocenters. The number of carboxylic acids is 1. The summed E-state index contributed by atoms with van der Waals surface area (Å²) in [6, 6.07) is 4.96. The lowest BCUT2D eigenvalue weighted by molar-refractivity contribution is -0.133. The summed E-state index contributed by atoms with van der Waals surface area (Å²) in [5.74, 6) is 1.12. The van der Waals surface area contributed by atoms with Crippen molar-refractivity contribution in [1.82, 2.24) is 0 Å². The lowest BCUT2D eigenvalue weighted by Gasteiger charge is -2.10. The van der Waals surface area contributed by atoms with Gasteiger partial charge in [-0.05, 0) is 30.4 Å². The van der Waals surface area contributed by atoms with Gasteiger partial charge in [-0.2, -0.15) is 11.8 Å². The third-order valence-electron chi connectivity index (χ3n) is 2.24. The van der Waals surface area contributed by atoms with Crippen molar-refractivity contribution >= 4 is 24.0 Å². The quantitative estimate of drug-likeness (QED) is 0.553. The third kappa shape index (κ3) is 5.65. The van der Waals surface area contributed by atoms with Crippen LogP contribution in [0, 0.1) is 0 Å². The Kier molecular flexibility index (Phi) is 6.81. The van der Waals surface area contributed by atoms with E-state index < -0.39 is 5.97 Å². The minimum absolute atomic E-state index is 0.108. The number of hydrogen-bond acceptors (Lipinski definition) is 5. The summed E-state index contributed by atoms with van der Waals surface area (Å²) in [7, 11) is 1.51. The van der Waals surface area contributed by atoms with Crippen molar-refractivity contribution in [1.29, 1.82) is 0 Å². The van der Waals surface area contributed by atoms with Gasteiger partial charge >= 0.3 is 5.97 Å². The first-order valence-corrected chi connectivity index (χ1v) is 6.88. The highest BCUT2D eigenvalue weighted by Crippen LogP contribution is 2.27. The molecule has 0 bridgehead atoms. The zero-order valence-electron chi connectivity index (χ0n) is 10.6.